The second-order valence-corrected chi connectivity index (χ2v) is 5.90. The summed E-state index contributed by atoms with van der Waals surface area (Å²) in [6.07, 6.45) is 1.92. The van der Waals surface area contributed by atoms with Crippen LogP contribution in [0.25, 0.3) is 0 Å². The quantitative estimate of drug-likeness (QED) is 0.812. The summed E-state index contributed by atoms with van der Waals surface area (Å²) in [5.74, 6) is 4.39. The number of halogens is 1. The van der Waals surface area contributed by atoms with Crippen molar-refractivity contribution in [3.05, 3.63) is 35.6 Å². The number of nitrogens with zero attached hydrogens (tertiary/aromatic N) is 4. The first-order chi connectivity index (χ1) is 9.76. The highest BCUT2D eigenvalue weighted by Crippen LogP contribution is 2.57. The first kappa shape index (κ1) is 12.1. The van der Waals surface area contributed by atoms with Gasteiger partial charge in [-0.25, -0.2) is 4.98 Å². The third kappa shape index (κ3) is 1.88. The van der Waals surface area contributed by atoms with Gasteiger partial charge >= 0.3 is 0 Å². The van der Waals surface area contributed by atoms with Crippen molar-refractivity contribution in [1.82, 2.24) is 15.1 Å². The first-order valence-corrected chi connectivity index (χ1v) is 7.36. The number of hydrogen-bond acceptors (Lipinski definition) is 5. The van der Waals surface area contributed by atoms with Crippen molar-refractivity contribution < 1.29 is 4.52 Å². The molecule has 4 rings (SSSR count). The van der Waals surface area contributed by atoms with E-state index in [0.29, 0.717) is 23.6 Å². The number of aromatic nitrogens is 3. The van der Waals surface area contributed by atoms with Crippen molar-refractivity contribution >= 4 is 17.4 Å². The average molecular weight is 291 g/mol. The van der Waals surface area contributed by atoms with Crippen molar-refractivity contribution in [2.24, 2.45) is 11.8 Å². The summed E-state index contributed by atoms with van der Waals surface area (Å²) in [5.41, 5.74) is 1.19. The van der Waals surface area contributed by atoms with Gasteiger partial charge in [0.15, 0.2) is 5.82 Å². The Bertz CT molecular complexity index is 614. The second kappa shape index (κ2) is 4.45. The standard InChI is InChI=1S/C14H15ClN4O/c1-8-2-3-11(16-5-8)19-6-9-10(7-19)13(9)14-17-12(4-15)20-18-14/h2-3,5,9-10,13H,4,6-7H2,1H3. The molecule has 5 nitrogen and oxygen atoms in total. The second-order valence-electron chi connectivity index (χ2n) is 5.63. The number of anilines is 1. The Morgan fingerprint density at radius 1 is 1.35 bits per heavy atom. The van der Waals surface area contributed by atoms with Gasteiger partial charge in [0, 0.05) is 25.2 Å². The van der Waals surface area contributed by atoms with Gasteiger partial charge in [-0.15, -0.1) is 11.6 Å². The lowest BCUT2D eigenvalue weighted by atomic mass is 10.2. The van der Waals surface area contributed by atoms with E-state index < -0.39 is 0 Å². The van der Waals surface area contributed by atoms with Crippen LogP contribution >= 0.6 is 11.6 Å². The molecule has 1 aliphatic heterocycles. The summed E-state index contributed by atoms with van der Waals surface area (Å²) in [5, 5.41) is 4.04. The molecule has 0 radical (unpaired) electrons. The summed E-state index contributed by atoms with van der Waals surface area (Å²) in [6, 6.07) is 4.20. The van der Waals surface area contributed by atoms with E-state index in [2.05, 4.69) is 39.1 Å². The number of rotatable bonds is 3. The molecule has 2 aliphatic rings. The molecule has 6 heteroatoms. The van der Waals surface area contributed by atoms with Gasteiger partial charge in [0.1, 0.15) is 11.7 Å². The van der Waals surface area contributed by atoms with Gasteiger partial charge in [-0.2, -0.15) is 4.98 Å². The van der Waals surface area contributed by atoms with Crippen LogP contribution in [-0.2, 0) is 5.88 Å². The third-order valence-corrected chi connectivity index (χ3v) is 4.54. The van der Waals surface area contributed by atoms with Crippen LogP contribution in [0.4, 0.5) is 5.82 Å². The van der Waals surface area contributed by atoms with Crippen molar-refractivity contribution in [3.63, 3.8) is 0 Å². The molecule has 1 saturated carbocycles. The molecule has 20 heavy (non-hydrogen) atoms. The SMILES string of the molecule is Cc1ccc(N2CC3C(C2)C3c2noc(CCl)n2)nc1. The molecular formula is C14H15ClN4O. The number of hydrogen-bond donors (Lipinski definition) is 0. The Balaban J connectivity index is 1.44. The summed E-state index contributed by atoms with van der Waals surface area (Å²) in [7, 11) is 0. The smallest absolute Gasteiger partial charge is 0.241 e. The van der Waals surface area contributed by atoms with E-state index >= 15 is 0 Å². The molecule has 2 unspecified atom stereocenters. The van der Waals surface area contributed by atoms with Crippen molar-refractivity contribution in [1.29, 1.82) is 0 Å². The van der Waals surface area contributed by atoms with E-state index in [1.807, 2.05) is 6.20 Å². The van der Waals surface area contributed by atoms with Gasteiger partial charge in [-0.3, -0.25) is 0 Å². The molecule has 1 saturated heterocycles. The van der Waals surface area contributed by atoms with Gasteiger partial charge in [0.25, 0.3) is 0 Å². The van der Waals surface area contributed by atoms with Gasteiger partial charge < -0.3 is 9.42 Å². The normalized spacial score (nSPS) is 27.7. The van der Waals surface area contributed by atoms with E-state index in [1.54, 1.807) is 0 Å². The third-order valence-electron chi connectivity index (χ3n) is 4.31. The van der Waals surface area contributed by atoms with Crippen molar-refractivity contribution in [2.45, 2.75) is 18.7 Å². The number of alkyl halides is 1. The van der Waals surface area contributed by atoms with Crippen LogP contribution in [0.5, 0.6) is 0 Å². The van der Waals surface area contributed by atoms with Gasteiger partial charge in [0.05, 0.1) is 0 Å². The number of fused-ring (bicyclic) bond motifs is 1. The first-order valence-electron chi connectivity index (χ1n) is 6.82. The van der Waals surface area contributed by atoms with Crippen LogP contribution in [-0.4, -0.2) is 28.2 Å². The highest BCUT2D eigenvalue weighted by atomic mass is 35.5. The van der Waals surface area contributed by atoms with Gasteiger partial charge in [-0.05, 0) is 30.4 Å². The lowest BCUT2D eigenvalue weighted by Crippen LogP contribution is -2.24. The van der Waals surface area contributed by atoms with Crippen LogP contribution in [0, 0.1) is 18.8 Å². The maximum atomic E-state index is 5.69. The number of piperidine rings is 1. The van der Waals surface area contributed by atoms with Crippen LogP contribution in [0.1, 0.15) is 23.2 Å². The Labute approximate surface area is 121 Å². The summed E-state index contributed by atoms with van der Waals surface area (Å²) in [4.78, 5) is 11.2. The predicted molar refractivity (Wildman–Crippen MR) is 74.8 cm³/mol. The Morgan fingerprint density at radius 2 is 2.15 bits per heavy atom. The van der Waals surface area contributed by atoms with E-state index in [-0.39, 0.29) is 5.88 Å². The van der Waals surface area contributed by atoms with Crippen LogP contribution in [0.3, 0.4) is 0 Å². The molecule has 2 aromatic heterocycles. The summed E-state index contributed by atoms with van der Waals surface area (Å²) in [6.45, 7) is 4.10. The van der Waals surface area contributed by atoms with E-state index in [9.17, 15) is 0 Å². The zero-order chi connectivity index (χ0) is 13.7. The maximum Gasteiger partial charge on any atom is 0.241 e. The summed E-state index contributed by atoms with van der Waals surface area (Å²) < 4.78 is 5.09. The molecule has 3 heterocycles. The molecule has 104 valence electrons. The molecular weight excluding hydrogens is 276 g/mol. The minimum atomic E-state index is 0.286. The lowest BCUT2D eigenvalue weighted by molar-refractivity contribution is 0.383. The fourth-order valence-corrected chi connectivity index (χ4v) is 3.31. The highest BCUT2D eigenvalue weighted by Gasteiger charge is 2.58. The number of aryl methyl sites for hydroxylation is 1. The van der Waals surface area contributed by atoms with Crippen molar-refractivity contribution in [2.75, 3.05) is 18.0 Å². The predicted octanol–water partition coefficient (Wildman–Crippen LogP) is 2.36. The molecule has 0 spiro atoms. The van der Waals surface area contributed by atoms with E-state index in [4.69, 9.17) is 16.1 Å². The largest absolute Gasteiger partial charge is 0.356 e. The minimum absolute atomic E-state index is 0.286. The molecule has 0 N–H and O–H groups in total. The van der Waals surface area contributed by atoms with E-state index in [0.717, 1.165) is 24.7 Å². The molecule has 2 fully saturated rings. The molecule has 0 amide bonds. The topological polar surface area (TPSA) is 55.1 Å². The molecule has 0 bridgehead atoms. The average Bonchev–Trinajstić information content (AvgIpc) is 2.88. The minimum Gasteiger partial charge on any atom is -0.356 e. The summed E-state index contributed by atoms with van der Waals surface area (Å²) >= 11 is 5.69. The lowest BCUT2D eigenvalue weighted by Gasteiger charge is -2.20. The van der Waals surface area contributed by atoms with Gasteiger partial charge in [0.2, 0.25) is 5.89 Å². The maximum absolute atomic E-state index is 5.69. The zero-order valence-corrected chi connectivity index (χ0v) is 11.9. The highest BCUT2D eigenvalue weighted by molar-refractivity contribution is 6.16. The fraction of sp³-hybridized carbons (Fsp3) is 0.500. The Hall–Kier alpha value is -1.62. The van der Waals surface area contributed by atoms with Crippen LogP contribution in [0.15, 0.2) is 22.9 Å². The van der Waals surface area contributed by atoms with Crippen LogP contribution in [0.2, 0.25) is 0 Å². The fourth-order valence-electron chi connectivity index (χ4n) is 3.20. The molecule has 1 aliphatic carbocycles. The van der Waals surface area contributed by atoms with E-state index in [1.165, 1.54) is 5.56 Å². The monoisotopic (exact) mass is 290 g/mol. The van der Waals surface area contributed by atoms with Gasteiger partial charge in [-0.1, -0.05) is 11.2 Å². The Morgan fingerprint density at radius 3 is 2.75 bits per heavy atom. The molecule has 2 aromatic rings. The van der Waals surface area contributed by atoms with Crippen LogP contribution < -0.4 is 4.90 Å². The Kier molecular flexibility index (Phi) is 2.70. The van der Waals surface area contributed by atoms with Crippen molar-refractivity contribution in [3.8, 4) is 0 Å². The molecule has 2 atom stereocenters. The molecule has 0 aromatic carbocycles. The zero-order valence-electron chi connectivity index (χ0n) is 11.2. The number of pyridine rings is 1.